The van der Waals surface area contributed by atoms with Gasteiger partial charge in [-0.2, -0.15) is 0 Å². The van der Waals surface area contributed by atoms with Crippen molar-refractivity contribution in [2.45, 2.75) is 19.4 Å². The zero-order valence-corrected chi connectivity index (χ0v) is 16.5. The number of nitrogens with zero attached hydrogens (tertiary/aromatic N) is 1. The van der Waals surface area contributed by atoms with Crippen LogP contribution >= 0.6 is 11.6 Å². The van der Waals surface area contributed by atoms with Crippen LogP contribution in [0.3, 0.4) is 0 Å². The van der Waals surface area contributed by atoms with Gasteiger partial charge in [0.15, 0.2) is 0 Å². The fourth-order valence-corrected chi connectivity index (χ4v) is 3.23. The number of nitrogens with one attached hydrogen (secondary N) is 2. The molecule has 8 heteroatoms. The van der Waals surface area contributed by atoms with E-state index in [1.54, 1.807) is 56.5 Å². The summed E-state index contributed by atoms with van der Waals surface area (Å²) in [5, 5.41) is 5.87. The van der Waals surface area contributed by atoms with E-state index in [9.17, 15) is 14.4 Å². The minimum absolute atomic E-state index is 0.391. The number of hydrogen-bond acceptors (Lipinski definition) is 4. The highest BCUT2D eigenvalue weighted by Gasteiger charge is 2.49. The van der Waals surface area contributed by atoms with Gasteiger partial charge in [-0.1, -0.05) is 17.7 Å². The van der Waals surface area contributed by atoms with Crippen LogP contribution in [0, 0.1) is 6.92 Å². The molecule has 146 valence electrons. The number of aryl methyl sites for hydroxylation is 1. The van der Waals surface area contributed by atoms with Crippen molar-refractivity contribution in [2.75, 3.05) is 19.0 Å². The maximum absolute atomic E-state index is 13.0. The normalized spacial score (nSPS) is 18.8. The standard InChI is InChI=1S/C20H20ClN3O4/c1-12-10-13(4-9-16(12)28-3)20(2)18(26)24(19(27)23-20)11-17(25)22-15-7-5-14(21)6-8-15/h4-10H,11H2,1-3H3,(H,22,25)(H,23,27). The van der Waals surface area contributed by atoms with Crippen LogP contribution in [0.2, 0.25) is 5.02 Å². The number of carbonyl (C=O) groups excluding carboxylic acids is 3. The third-order valence-electron chi connectivity index (χ3n) is 4.68. The Labute approximate surface area is 167 Å². The summed E-state index contributed by atoms with van der Waals surface area (Å²) >= 11 is 5.82. The van der Waals surface area contributed by atoms with Crippen molar-refractivity contribution in [3.63, 3.8) is 0 Å². The van der Waals surface area contributed by atoms with Crippen LogP contribution in [0.4, 0.5) is 10.5 Å². The summed E-state index contributed by atoms with van der Waals surface area (Å²) in [4.78, 5) is 38.5. The number of hydrogen-bond donors (Lipinski definition) is 2. The molecule has 7 nitrogen and oxygen atoms in total. The van der Waals surface area contributed by atoms with Crippen LogP contribution in [0.5, 0.6) is 5.75 Å². The van der Waals surface area contributed by atoms with Crippen molar-refractivity contribution in [1.29, 1.82) is 0 Å². The zero-order chi connectivity index (χ0) is 20.5. The molecule has 1 atom stereocenters. The van der Waals surface area contributed by atoms with E-state index < -0.39 is 29.9 Å². The molecular formula is C20H20ClN3O4. The summed E-state index contributed by atoms with van der Waals surface area (Å²) in [5.74, 6) is -0.294. The highest BCUT2D eigenvalue weighted by atomic mass is 35.5. The second-order valence-electron chi connectivity index (χ2n) is 6.69. The predicted octanol–water partition coefficient (Wildman–Crippen LogP) is 3.06. The van der Waals surface area contributed by atoms with Crippen molar-refractivity contribution < 1.29 is 19.1 Å². The molecule has 2 aromatic rings. The second kappa shape index (κ2) is 7.52. The zero-order valence-electron chi connectivity index (χ0n) is 15.7. The Morgan fingerprint density at radius 1 is 1.21 bits per heavy atom. The lowest BCUT2D eigenvalue weighted by Gasteiger charge is -2.23. The van der Waals surface area contributed by atoms with Crippen LogP contribution in [0.15, 0.2) is 42.5 Å². The molecule has 0 spiro atoms. The average Bonchev–Trinajstić information content (AvgIpc) is 2.87. The highest BCUT2D eigenvalue weighted by Crippen LogP contribution is 2.31. The molecule has 1 unspecified atom stereocenters. The van der Waals surface area contributed by atoms with Crippen LogP contribution < -0.4 is 15.4 Å². The summed E-state index contributed by atoms with van der Waals surface area (Å²) in [6.45, 7) is 3.08. The lowest BCUT2D eigenvalue weighted by molar-refractivity contribution is -0.133. The number of amides is 4. The fourth-order valence-electron chi connectivity index (χ4n) is 3.10. The Bertz CT molecular complexity index is 945. The van der Waals surface area contributed by atoms with Gasteiger partial charge < -0.3 is 15.4 Å². The lowest BCUT2D eigenvalue weighted by Crippen LogP contribution is -2.42. The molecule has 0 aliphatic carbocycles. The fraction of sp³-hybridized carbons (Fsp3) is 0.250. The summed E-state index contributed by atoms with van der Waals surface area (Å²) in [6.07, 6.45) is 0. The molecule has 4 amide bonds. The van der Waals surface area contributed by atoms with Crippen molar-refractivity contribution in [3.8, 4) is 5.75 Å². The van der Waals surface area contributed by atoms with E-state index in [0.29, 0.717) is 22.0 Å². The molecule has 3 rings (SSSR count). The number of imide groups is 1. The van der Waals surface area contributed by atoms with E-state index in [0.717, 1.165) is 10.5 Å². The number of ether oxygens (including phenoxy) is 1. The Kier molecular flexibility index (Phi) is 5.29. The van der Waals surface area contributed by atoms with E-state index in [1.807, 2.05) is 6.92 Å². The highest BCUT2D eigenvalue weighted by molar-refractivity contribution is 6.30. The smallest absolute Gasteiger partial charge is 0.325 e. The van der Waals surface area contributed by atoms with Gasteiger partial charge in [0.05, 0.1) is 7.11 Å². The Morgan fingerprint density at radius 2 is 1.89 bits per heavy atom. The van der Waals surface area contributed by atoms with Gasteiger partial charge >= 0.3 is 6.03 Å². The monoisotopic (exact) mass is 401 g/mol. The van der Waals surface area contributed by atoms with Gasteiger partial charge in [-0.25, -0.2) is 4.79 Å². The number of methoxy groups -OCH3 is 1. The van der Waals surface area contributed by atoms with E-state index in [1.165, 1.54) is 0 Å². The third kappa shape index (κ3) is 3.66. The summed E-state index contributed by atoms with van der Waals surface area (Å²) in [6, 6.07) is 11.2. The molecule has 2 aromatic carbocycles. The number of urea groups is 1. The molecule has 28 heavy (non-hydrogen) atoms. The molecule has 1 fully saturated rings. The molecule has 0 saturated carbocycles. The van der Waals surface area contributed by atoms with Gasteiger partial charge in [0.25, 0.3) is 5.91 Å². The Balaban J connectivity index is 1.76. The summed E-state index contributed by atoms with van der Waals surface area (Å²) in [7, 11) is 1.56. The molecule has 1 aliphatic heterocycles. The lowest BCUT2D eigenvalue weighted by atomic mass is 9.90. The Hall–Kier alpha value is -3.06. The van der Waals surface area contributed by atoms with Gasteiger partial charge in [0.1, 0.15) is 17.8 Å². The van der Waals surface area contributed by atoms with E-state index in [-0.39, 0.29) is 0 Å². The summed E-state index contributed by atoms with van der Waals surface area (Å²) < 4.78 is 5.24. The molecule has 2 N–H and O–H groups in total. The molecule has 0 aromatic heterocycles. The maximum atomic E-state index is 13.0. The SMILES string of the molecule is COc1ccc(C2(C)NC(=O)N(CC(=O)Nc3ccc(Cl)cc3)C2=O)cc1C. The van der Waals surface area contributed by atoms with Gasteiger partial charge in [-0.15, -0.1) is 0 Å². The first-order valence-electron chi connectivity index (χ1n) is 8.59. The Morgan fingerprint density at radius 3 is 2.50 bits per heavy atom. The number of benzene rings is 2. The third-order valence-corrected chi connectivity index (χ3v) is 4.93. The van der Waals surface area contributed by atoms with Gasteiger partial charge in [0, 0.05) is 10.7 Å². The quantitative estimate of drug-likeness (QED) is 0.754. The van der Waals surface area contributed by atoms with E-state index in [4.69, 9.17) is 16.3 Å². The van der Waals surface area contributed by atoms with Crippen LogP contribution in [0.25, 0.3) is 0 Å². The average molecular weight is 402 g/mol. The molecule has 0 radical (unpaired) electrons. The van der Waals surface area contributed by atoms with Crippen molar-refractivity contribution >= 4 is 35.1 Å². The molecular weight excluding hydrogens is 382 g/mol. The van der Waals surface area contributed by atoms with Gasteiger partial charge in [-0.05, 0) is 61.4 Å². The number of halogens is 1. The van der Waals surface area contributed by atoms with Crippen molar-refractivity contribution in [3.05, 3.63) is 58.6 Å². The predicted molar refractivity (Wildman–Crippen MR) is 105 cm³/mol. The first-order valence-corrected chi connectivity index (χ1v) is 8.97. The topological polar surface area (TPSA) is 87.7 Å². The number of carbonyl (C=O) groups is 3. The molecule has 1 heterocycles. The minimum atomic E-state index is -1.26. The van der Waals surface area contributed by atoms with Crippen LogP contribution in [0.1, 0.15) is 18.1 Å². The van der Waals surface area contributed by atoms with Gasteiger partial charge in [-0.3, -0.25) is 14.5 Å². The minimum Gasteiger partial charge on any atom is -0.496 e. The van der Waals surface area contributed by atoms with Crippen molar-refractivity contribution in [1.82, 2.24) is 10.2 Å². The molecule has 1 saturated heterocycles. The second-order valence-corrected chi connectivity index (χ2v) is 7.12. The first kappa shape index (κ1) is 19.7. The molecule has 1 aliphatic rings. The van der Waals surface area contributed by atoms with Crippen molar-refractivity contribution in [2.24, 2.45) is 0 Å². The van der Waals surface area contributed by atoms with E-state index >= 15 is 0 Å². The molecule has 0 bridgehead atoms. The van der Waals surface area contributed by atoms with Gasteiger partial charge in [0.2, 0.25) is 5.91 Å². The number of anilines is 1. The first-order chi connectivity index (χ1) is 13.2. The van der Waals surface area contributed by atoms with E-state index in [2.05, 4.69) is 10.6 Å². The number of rotatable bonds is 5. The van der Waals surface area contributed by atoms with Crippen LogP contribution in [-0.4, -0.2) is 36.4 Å². The maximum Gasteiger partial charge on any atom is 0.325 e. The summed E-state index contributed by atoms with van der Waals surface area (Å²) in [5.41, 5.74) is 0.719. The largest absolute Gasteiger partial charge is 0.496 e. The van der Waals surface area contributed by atoms with Crippen LogP contribution in [-0.2, 0) is 15.1 Å².